The minimum atomic E-state index is 0.274. The van der Waals surface area contributed by atoms with E-state index in [1.165, 1.54) is 12.8 Å². The van der Waals surface area contributed by atoms with Crippen LogP contribution in [0.3, 0.4) is 0 Å². The zero-order valence-electron chi connectivity index (χ0n) is 10.3. The van der Waals surface area contributed by atoms with Gasteiger partial charge < -0.3 is 9.67 Å². The molecule has 1 aliphatic rings. The molecule has 1 fully saturated rings. The molecule has 3 aromatic rings. The lowest BCUT2D eigenvalue weighted by Crippen LogP contribution is -1.98. The molecule has 4 heteroatoms. The first kappa shape index (κ1) is 10.6. The van der Waals surface area contributed by atoms with Crippen molar-refractivity contribution >= 4 is 11.2 Å². The first-order valence-corrected chi connectivity index (χ1v) is 6.45. The summed E-state index contributed by atoms with van der Waals surface area (Å²) in [6, 6.07) is 11.6. The van der Waals surface area contributed by atoms with Gasteiger partial charge in [-0.3, -0.25) is 0 Å². The van der Waals surface area contributed by atoms with Crippen molar-refractivity contribution < 1.29 is 5.11 Å². The molecule has 4 nitrogen and oxygen atoms in total. The molecule has 0 radical (unpaired) electrons. The molecule has 1 aliphatic carbocycles. The van der Waals surface area contributed by atoms with E-state index in [2.05, 4.69) is 9.55 Å². The van der Waals surface area contributed by atoms with Crippen molar-refractivity contribution in [2.45, 2.75) is 18.9 Å². The predicted octanol–water partition coefficient (Wildman–Crippen LogP) is 3.14. The van der Waals surface area contributed by atoms with Gasteiger partial charge in [0.25, 0.3) is 0 Å². The van der Waals surface area contributed by atoms with Gasteiger partial charge in [-0.2, -0.15) is 0 Å². The maximum atomic E-state index is 9.39. The quantitative estimate of drug-likeness (QED) is 0.761. The van der Waals surface area contributed by atoms with Gasteiger partial charge in [0.1, 0.15) is 17.1 Å². The minimum Gasteiger partial charge on any atom is -0.508 e. The van der Waals surface area contributed by atoms with Crippen LogP contribution in [0.4, 0.5) is 0 Å². The second-order valence-electron chi connectivity index (χ2n) is 4.93. The predicted molar refractivity (Wildman–Crippen MR) is 72.9 cm³/mol. The van der Waals surface area contributed by atoms with E-state index in [-0.39, 0.29) is 5.75 Å². The van der Waals surface area contributed by atoms with Crippen LogP contribution in [0.15, 0.2) is 42.6 Å². The van der Waals surface area contributed by atoms with E-state index in [9.17, 15) is 5.11 Å². The van der Waals surface area contributed by atoms with E-state index in [4.69, 9.17) is 4.98 Å². The molecule has 4 rings (SSSR count). The number of aromatic nitrogens is 3. The third-order valence-electron chi connectivity index (χ3n) is 3.49. The van der Waals surface area contributed by atoms with Crippen LogP contribution in [-0.4, -0.2) is 19.6 Å². The molecule has 1 aromatic carbocycles. The molecule has 1 saturated carbocycles. The van der Waals surface area contributed by atoms with Gasteiger partial charge in [0.2, 0.25) is 0 Å². The molecule has 0 saturated heterocycles. The van der Waals surface area contributed by atoms with E-state index in [1.54, 1.807) is 12.1 Å². The van der Waals surface area contributed by atoms with Crippen molar-refractivity contribution in [1.29, 1.82) is 0 Å². The van der Waals surface area contributed by atoms with Crippen molar-refractivity contribution in [2.24, 2.45) is 0 Å². The molecule has 2 aromatic heterocycles. The number of rotatable bonds is 2. The summed E-state index contributed by atoms with van der Waals surface area (Å²) in [6.07, 6.45) is 4.18. The Balaban J connectivity index is 1.98. The summed E-state index contributed by atoms with van der Waals surface area (Å²) in [4.78, 5) is 9.15. The number of nitrogens with zero attached hydrogens (tertiary/aromatic N) is 3. The van der Waals surface area contributed by atoms with Gasteiger partial charge in [-0.15, -0.1) is 0 Å². The van der Waals surface area contributed by atoms with Crippen LogP contribution in [-0.2, 0) is 0 Å². The highest BCUT2D eigenvalue weighted by molar-refractivity contribution is 5.77. The van der Waals surface area contributed by atoms with Gasteiger partial charge in [-0.25, -0.2) is 9.97 Å². The Hall–Kier alpha value is -2.36. The second kappa shape index (κ2) is 3.82. The summed E-state index contributed by atoms with van der Waals surface area (Å²) in [5.41, 5.74) is 2.90. The second-order valence-corrected chi connectivity index (χ2v) is 4.93. The molecule has 1 N–H and O–H groups in total. The van der Waals surface area contributed by atoms with Crippen molar-refractivity contribution in [3.63, 3.8) is 0 Å². The van der Waals surface area contributed by atoms with Crippen LogP contribution in [0.5, 0.6) is 5.75 Å². The summed E-state index contributed by atoms with van der Waals surface area (Å²) < 4.78 is 2.22. The molecule has 0 atom stereocenters. The van der Waals surface area contributed by atoms with Crippen LogP contribution in [0, 0.1) is 0 Å². The number of fused-ring (bicyclic) bond motifs is 1. The normalized spacial score (nSPS) is 14.9. The van der Waals surface area contributed by atoms with Crippen LogP contribution in [0.1, 0.15) is 18.9 Å². The van der Waals surface area contributed by atoms with E-state index >= 15 is 0 Å². The lowest BCUT2D eigenvalue weighted by molar-refractivity contribution is 0.475. The fourth-order valence-corrected chi connectivity index (χ4v) is 2.42. The summed E-state index contributed by atoms with van der Waals surface area (Å²) in [6.45, 7) is 0. The van der Waals surface area contributed by atoms with Crippen LogP contribution < -0.4 is 0 Å². The van der Waals surface area contributed by atoms with Crippen molar-refractivity contribution in [3.8, 4) is 17.1 Å². The van der Waals surface area contributed by atoms with Crippen LogP contribution in [0.25, 0.3) is 22.6 Å². The summed E-state index contributed by atoms with van der Waals surface area (Å²) in [7, 11) is 0. The van der Waals surface area contributed by atoms with E-state index in [1.807, 2.05) is 30.5 Å². The topological polar surface area (TPSA) is 50.9 Å². The van der Waals surface area contributed by atoms with E-state index in [0.717, 1.165) is 22.6 Å². The van der Waals surface area contributed by atoms with Crippen LogP contribution >= 0.6 is 0 Å². The molecule has 19 heavy (non-hydrogen) atoms. The average Bonchev–Trinajstić information content (AvgIpc) is 3.20. The number of hydrogen-bond donors (Lipinski definition) is 1. The Bertz CT molecular complexity index is 742. The third kappa shape index (κ3) is 1.68. The number of imidazole rings is 1. The van der Waals surface area contributed by atoms with Crippen molar-refractivity contribution in [1.82, 2.24) is 14.5 Å². The summed E-state index contributed by atoms with van der Waals surface area (Å²) >= 11 is 0. The standard InChI is InChI=1S/C15H13N3O/c19-12-7-3-10(4-8-12)14-17-13-2-1-9-16-15(13)18(14)11-5-6-11/h1-4,7-9,11,19H,5-6H2. The Morgan fingerprint density at radius 3 is 2.63 bits per heavy atom. The summed E-state index contributed by atoms with van der Waals surface area (Å²) in [5.74, 6) is 1.21. The molecular weight excluding hydrogens is 238 g/mol. The zero-order valence-corrected chi connectivity index (χ0v) is 10.3. The average molecular weight is 251 g/mol. The highest BCUT2D eigenvalue weighted by Gasteiger charge is 2.29. The summed E-state index contributed by atoms with van der Waals surface area (Å²) in [5, 5.41) is 9.39. The van der Waals surface area contributed by atoms with Crippen molar-refractivity contribution in [3.05, 3.63) is 42.6 Å². The SMILES string of the molecule is Oc1ccc(-c2nc3cccnc3n2C2CC2)cc1. The van der Waals surface area contributed by atoms with Gasteiger partial charge in [-0.05, 0) is 49.2 Å². The number of hydrogen-bond acceptors (Lipinski definition) is 3. The number of pyridine rings is 1. The van der Waals surface area contributed by atoms with Gasteiger partial charge in [0.05, 0.1) is 0 Å². The van der Waals surface area contributed by atoms with Gasteiger partial charge in [0, 0.05) is 17.8 Å². The fourth-order valence-electron chi connectivity index (χ4n) is 2.42. The van der Waals surface area contributed by atoms with Gasteiger partial charge >= 0.3 is 0 Å². The van der Waals surface area contributed by atoms with E-state index in [0.29, 0.717) is 6.04 Å². The number of aromatic hydroxyl groups is 1. The maximum Gasteiger partial charge on any atom is 0.160 e. The molecule has 2 heterocycles. The minimum absolute atomic E-state index is 0.274. The fraction of sp³-hybridized carbons (Fsp3) is 0.200. The highest BCUT2D eigenvalue weighted by atomic mass is 16.3. The monoisotopic (exact) mass is 251 g/mol. The molecule has 0 aliphatic heterocycles. The largest absolute Gasteiger partial charge is 0.508 e. The highest BCUT2D eigenvalue weighted by Crippen LogP contribution is 2.40. The Kier molecular flexibility index (Phi) is 2.12. The lowest BCUT2D eigenvalue weighted by Gasteiger charge is -2.06. The zero-order chi connectivity index (χ0) is 12.8. The molecule has 0 bridgehead atoms. The maximum absolute atomic E-state index is 9.39. The molecule has 0 amide bonds. The number of benzene rings is 1. The Labute approximate surface area is 110 Å². The molecule has 0 spiro atoms. The third-order valence-corrected chi connectivity index (χ3v) is 3.49. The molecule has 0 unspecified atom stereocenters. The molecular formula is C15H13N3O. The Morgan fingerprint density at radius 1 is 1.11 bits per heavy atom. The van der Waals surface area contributed by atoms with Gasteiger partial charge in [0.15, 0.2) is 5.65 Å². The number of phenols is 1. The number of phenolic OH excluding ortho intramolecular Hbond substituents is 1. The van der Waals surface area contributed by atoms with Crippen LogP contribution in [0.2, 0.25) is 0 Å². The Morgan fingerprint density at radius 2 is 1.89 bits per heavy atom. The lowest BCUT2D eigenvalue weighted by atomic mass is 10.2. The van der Waals surface area contributed by atoms with Gasteiger partial charge in [-0.1, -0.05) is 0 Å². The first-order valence-electron chi connectivity index (χ1n) is 6.45. The van der Waals surface area contributed by atoms with Crippen molar-refractivity contribution in [2.75, 3.05) is 0 Å². The first-order chi connectivity index (χ1) is 9.33. The molecule has 94 valence electrons. The smallest absolute Gasteiger partial charge is 0.160 e. The van der Waals surface area contributed by atoms with E-state index < -0.39 is 0 Å².